The minimum Gasteiger partial charge on any atom is -0.461 e. The van der Waals surface area contributed by atoms with Crippen LogP contribution in [0, 0.1) is 6.92 Å². The first kappa shape index (κ1) is 14.7. The molecule has 0 atom stereocenters. The first-order valence-electron chi connectivity index (χ1n) is 6.79. The molecule has 18 heavy (non-hydrogen) atoms. The molecule has 1 aromatic rings. The molecule has 0 aliphatic heterocycles. The molecule has 0 spiro atoms. The number of ether oxygens (including phenoxy) is 1. The molecule has 2 heteroatoms. The molecule has 1 rings (SSSR count). The Labute approximate surface area is 110 Å². The Bertz CT molecular complexity index is 341. The van der Waals surface area contributed by atoms with Gasteiger partial charge in [0, 0.05) is 6.42 Å². The number of hydrogen-bond acceptors (Lipinski definition) is 2. The van der Waals surface area contributed by atoms with E-state index in [9.17, 15) is 4.79 Å². The van der Waals surface area contributed by atoms with Gasteiger partial charge in [0.25, 0.3) is 0 Å². The van der Waals surface area contributed by atoms with Crippen molar-refractivity contribution in [3.8, 4) is 0 Å². The molecule has 0 saturated heterocycles. The number of carbonyl (C=O) groups excluding carboxylic acids is 1. The van der Waals surface area contributed by atoms with Gasteiger partial charge in [-0.05, 0) is 24.0 Å². The molecule has 1 aromatic carbocycles. The predicted molar refractivity (Wildman–Crippen MR) is 74.1 cm³/mol. The zero-order valence-corrected chi connectivity index (χ0v) is 11.3. The molecule has 0 N–H and O–H groups in total. The standard InChI is InChI=1S/C16H23O2/c1-3-5-6-7-8-16(17)18-13-15-11-9-14(4-2)10-12-15/h9-12H,1,3-8,13H2,2H3. The number of hydrogen-bond donors (Lipinski definition) is 0. The van der Waals surface area contributed by atoms with Gasteiger partial charge in [-0.3, -0.25) is 4.79 Å². The normalized spacial score (nSPS) is 10.3. The van der Waals surface area contributed by atoms with Crippen molar-refractivity contribution < 1.29 is 9.53 Å². The number of esters is 1. The van der Waals surface area contributed by atoms with E-state index in [0.29, 0.717) is 13.0 Å². The third-order valence-corrected chi connectivity index (χ3v) is 2.96. The third kappa shape index (κ3) is 5.85. The summed E-state index contributed by atoms with van der Waals surface area (Å²) < 4.78 is 5.23. The number of benzene rings is 1. The predicted octanol–water partition coefficient (Wildman–Crippen LogP) is 4.08. The van der Waals surface area contributed by atoms with Gasteiger partial charge in [0.15, 0.2) is 0 Å². The molecule has 0 bridgehead atoms. The van der Waals surface area contributed by atoms with Gasteiger partial charge in [-0.25, -0.2) is 0 Å². The highest BCUT2D eigenvalue weighted by atomic mass is 16.5. The van der Waals surface area contributed by atoms with Gasteiger partial charge in [-0.1, -0.05) is 57.4 Å². The lowest BCUT2D eigenvalue weighted by molar-refractivity contribution is -0.145. The highest BCUT2D eigenvalue weighted by Crippen LogP contribution is 2.08. The van der Waals surface area contributed by atoms with Gasteiger partial charge in [0.2, 0.25) is 0 Å². The van der Waals surface area contributed by atoms with E-state index >= 15 is 0 Å². The summed E-state index contributed by atoms with van der Waals surface area (Å²) in [6.07, 6.45) is 5.55. The minimum absolute atomic E-state index is 0.0985. The Hall–Kier alpha value is -1.31. The molecular formula is C16H23O2. The fourth-order valence-electron chi connectivity index (χ4n) is 1.73. The second-order valence-corrected chi connectivity index (χ2v) is 4.49. The first-order chi connectivity index (χ1) is 8.76. The van der Waals surface area contributed by atoms with Crippen LogP contribution in [0.4, 0.5) is 0 Å². The topological polar surface area (TPSA) is 26.3 Å². The van der Waals surface area contributed by atoms with Crippen molar-refractivity contribution in [2.24, 2.45) is 0 Å². The van der Waals surface area contributed by atoms with Crippen molar-refractivity contribution >= 4 is 5.97 Å². The molecule has 0 aliphatic rings. The summed E-state index contributed by atoms with van der Waals surface area (Å²) in [5.41, 5.74) is 2.36. The summed E-state index contributed by atoms with van der Waals surface area (Å²) in [5.74, 6) is -0.0985. The van der Waals surface area contributed by atoms with Crippen LogP contribution < -0.4 is 0 Å². The maximum Gasteiger partial charge on any atom is 0.306 e. The van der Waals surface area contributed by atoms with Crippen molar-refractivity contribution in [1.29, 1.82) is 0 Å². The molecule has 0 unspecified atom stereocenters. The Morgan fingerprint density at radius 3 is 2.39 bits per heavy atom. The van der Waals surface area contributed by atoms with Gasteiger partial charge in [-0.15, -0.1) is 0 Å². The number of unbranched alkanes of at least 4 members (excludes halogenated alkanes) is 3. The lowest BCUT2D eigenvalue weighted by Gasteiger charge is -2.05. The van der Waals surface area contributed by atoms with Crippen LogP contribution in [0.25, 0.3) is 0 Å². The van der Waals surface area contributed by atoms with E-state index in [1.807, 2.05) is 12.1 Å². The number of aryl methyl sites for hydroxylation is 1. The van der Waals surface area contributed by atoms with E-state index in [-0.39, 0.29) is 5.97 Å². The second-order valence-electron chi connectivity index (χ2n) is 4.49. The van der Waals surface area contributed by atoms with Gasteiger partial charge in [0.1, 0.15) is 6.61 Å². The van der Waals surface area contributed by atoms with Crippen molar-refractivity contribution in [1.82, 2.24) is 0 Å². The van der Waals surface area contributed by atoms with Gasteiger partial charge in [-0.2, -0.15) is 0 Å². The van der Waals surface area contributed by atoms with Crippen LogP contribution in [-0.4, -0.2) is 5.97 Å². The zero-order chi connectivity index (χ0) is 13.2. The molecule has 0 amide bonds. The summed E-state index contributed by atoms with van der Waals surface area (Å²) in [4.78, 5) is 11.5. The van der Waals surface area contributed by atoms with Crippen molar-refractivity contribution in [3.63, 3.8) is 0 Å². The Morgan fingerprint density at radius 2 is 1.78 bits per heavy atom. The quantitative estimate of drug-likeness (QED) is 0.511. The summed E-state index contributed by atoms with van der Waals surface area (Å²) in [6.45, 7) is 6.29. The Balaban J connectivity index is 2.20. The zero-order valence-electron chi connectivity index (χ0n) is 11.3. The van der Waals surface area contributed by atoms with Crippen LogP contribution in [0.3, 0.4) is 0 Å². The molecule has 2 nitrogen and oxygen atoms in total. The molecule has 0 aliphatic carbocycles. The van der Waals surface area contributed by atoms with Gasteiger partial charge in [0.05, 0.1) is 0 Å². The molecule has 0 fully saturated rings. The van der Waals surface area contributed by atoms with Gasteiger partial charge >= 0.3 is 5.97 Å². The van der Waals surface area contributed by atoms with Crippen molar-refractivity contribution in [2.45, 2.75) is 52.1 Å². The van der Waals surface area contributed by atoms with Crippen LogP contribution >= 0.6 is 0 Å². The summed E-state index contributed by atoms with van der Waals surface area (Å²) in [7, 11) is 0. The third-order valence-electron chi connectivity index (χ3n) is 2.96. The largest absolute Gasteiger partial charge is 0.461 e. The van der Waals surface area contributed by atoms with Gasteiger partial charge < -0.3 is 4.74 Å². The Kier molecular flexibility index (Phi) is 7.16. The van der Waals surface area contributed by atoms with E-state index in [0.717, 1.165) is 37.7 Å². The summed E-state index contributed by atoms with van der Waals surface area (Å²) in [5, 5.41) is 0. The second kappa shape index (κ2) is 8.73. The number of rotatable bonds is 8. The lowest BCUT2D eigenvalue weighted by Crippen LogP contribution is -2.04. The van der Waals surface area contributed by atoms with Crippen molar-refractivity contribution in [2.75, 3.05) is 0 Å². The summed E-state index contributed by atoms with van der Waals surface area (Å²) in [6, 6.07) is 8.21. The molecule has 0 saturated carbocycles. The molecule has 0 heterocycles. The summed E-state index contributed by atoms with van der Waals surface area (Å²) >= 11 is 0. The molecule has 0 aromatic heterocycles. The van der Waals surface area contributed by atoms with Crippen LogP contribution in [0.1, 0.15) is 50.2 Å². The van der Waals surface area contributed by atoms with E-state index in [4.69, 9.17) is 4.74 Å². The van der Waals surface area contributed by atoms with Crippen LogP contribution in [0.2, 0.25) is 0 Å². The fraction of sp³-hybridized carbons (Fsp3) is 0.500. The van der Waals surface area contributed by atoms with Crippen LogP contribution in [0.5, 0.6) is 0 Å². The van der Waals surface area contributed by atoms with E-state index < -0.39 is 0 Å². The maximum absolute atomic E-state index is 11.5. The Morgan fingerprint density at radius 1 is 1.11 bits per heavy atom. The maximum atomic E-state index is 11.5. The number of carbonyl (C=O) groups is 1. The average Bonchev–Trinajstić information content (AvgIpc) is 2.42. The van der Waals surface area contributed by atoms with E-state index in [1.165, 1.54) is 5.56 Å². The van der Waals surface area contributed by atoms with Crippen LogP contribution in [-0.2, 0) is 22.6 Å². The molecule has 99 valence electrons. The first-order valence-corrected chi connectivity index (χ1v) is 6.79. The fourth-order valence-corrected chi connectivity index (χ4v) is 1.73. The monoisotopic (exact) mass is 247 g/mol. The van der Waals surface area contributed by atoms with Crippen molar-refractivity contribution in [3.05, 3.63) is 42.3 Å². The van der Waals surface area contributed by atoms with E-state index in [2.05, 4.69) is 26.0 Å². The molecule has 1 radical (unpaired) electrons. The average molecular weight is 247 g/mol. The smallest absolute Gasteiger partial charge is 0.306 e. The SMILES string of the molecule is [CH2]CCCCCC(=O)OCc1ccc(CC)cc1. The highest BCUT2D eigenvalue weighted by molar-refractivity contribution is 5.69. The van der Waals surface area contributed by atoms with Crippen LogP contribution in [0.15, 0.2) is 24.3 Å². The van der Waals surface area contributed by atoms with E-state index in [1.54, 1.807) is 0 Å². The minimum atomic E-state index is -0.0985. The highest BCUT2D eigenvalue weighted by Gasteiger charge is 2.03. The lowest BCUT2D eigenvalue weighted by atomic mass is 10.1. The molecular weight excluding hydrogens is 224 g/mol.